The third-order valence-corrected chi connectivity index (χ3v) is 6.34. The van der Waals surface area contributed by atoms with Gasteiger partial charge < -0.3 is 15.5 Å². The maximum Gasteiger partial charge on any atom is 0.247 e. The molecule has 3 rings (SSSR count). The Morgan fingerprint density at radius 2 is 2.00 bits per heavy atom. The minimum Gasteiger partial charge on any atom is -0.350 e. The van der Waals surface area contributed by atoms with Gasteiger partial charge in [0.05, 0.1) is 28.6 Å². The lowest BCUT2D eigenvalue weighted by molar-refractivity contribution is -0.118. The molecule has 7 nitrogen and oxygen atoms in total. The lowest BCUT2D eigenvalue weighted by Gasteiger charge is -2.36. The van der Waals surface area contributed by atoms with E-state index in [2.05, 4.69) is 66.2 Å². The summed E-state index contributed by atoms with van der Waals surface area (Å²) in [5.74, 6) is 1.52. The largest absolute Gasteiger partial charge is 0.350 e. The van der Waals surface area contributed by atoms with Gasteiger partial charge in [0.25, 0.3) is 0 Å². The van der Waals surface area contributed by atoms with Gasteiger partial charge in [0.2, 0.25) is 11.9 Å². The Labute approximate surface area is 168 Å². The average molecular weight is 468 g/mol. The number of aryl methyl sites for hydroxylation is 2. The van der Waals surface area contributed by atoms with Gasteiger partial charge in [0.15, 0.2) is 5.82 Å². The molecule has 0 spiro atoms. The highest BCUT2D eigenvalue weighted by Crippen LogP contribution is 2.34. The monoisotopic (exact) mass is 468 g/mol. The summed E-state index contributed by atoms with van der Waals surface area (Å²) >= 11 is 2.30. The smallest absolute Gasteiger partial charge is 0.247 e. The van der Waals surface area contributed by atoms with Crippen molar-refractivity contribution in [3.8, 4) is 0 Å². The van der Waals surface area contributed by atoms with E-state index in [-0.39, 0.29) is 17.9 Å². The van der Waals surface area contributed by atoms with E-state index >= 15 is 0 Å². The molecule has 0 unspecified atom stereocenters. The molecule has 1 aliphatic rings. The number of nitrogens with one attached hydrogen (secondary N) is 2. The van der Waals surface area contributed by atoms with Crippen LogP contribution in [0.25, 0.3) is 0 Å². The molecule has 8 heteroatoms. The number of rotatable bonds is 4. The molecule has 140 valence electrons. The Kier molecular flexibility index (Phi) is 5.14. The molecular formula is C18H25IN6O. The first-order valence-electron chi connectivity index (χ1n) is 8.70. The van der Waals surface area contributed by atoms with E-state index in [9.17, 15) is 4.79 Å². The molecule has 1 amide bonds. The number of aromatic nitrogens is 3. The molecule has 0 aliphatic carbocycles. The quantitative estimate of drug-likeness (QED) is 0.673. The molecule has 2 N–H and O–H groups in total. The maximum absolute atomic E-state index is 12.4. The van der Waals surface area contributed by atoms with Gasteiger partial charge in [-0.25, -0.2) is 4.98 Å². The van der Waals surface area contributed by atoms with Crippen LogP contribution in [0.4, 0.5) is 17.5 Å². The van der Waals surface area contributed by atoms with E-state index in [4.69, 9.17) is 0 Å². The zero-order valence-electron chi connectivity index (χ0n) is 16.0. The van der Waals surface area contributed by atoms with Crippen LogP contribution in [0.2, 0.25) is 0 Å². The number of fused-ring (bicyclic) bond motifs is 1. The summed E-state index contributed by atoms with van der Waals surface area (Å²) in [7, 11) is 1.92. The average Bonchev–Trinajstić information content (AvgIpc) is 2.81. The molecule has 0 radical (unpaired) electrons. The molecule has 0 aromatic carbocycles. The van der Waals surface area contributed by atoms with Gasteiger partial charge in [0, 0.05) is 25.0 Å². The molecule has 0 fully saturated rings. The lowest BCUT2D eigenvalue weighted by Crippen LogP contribution is -2.49. The van der Waals surface area contributed by atoms with Crippen molar-refractivity contribution >= 4 is 46.2 Å². The molecule has 1 aliphatic heterocycles. The van der Waals surface area contributed by atoms with Crippen LogP contribution in [0.1, 0.15) is 36.5 Å². The third-order valence-electron chi connectivity index (χ3n) is 4.86. The summed E-state index contributed by atoms with van der Waals surface area (Å²) in [4.78, 5) is 23.6. The summed E-state index contributed by atoms with van der Waals surface area (Å²) in [5, 5.41) is 6.30. The van der Waals surface area contributed by atoms with Crippen molar-refractivity contribution in [3.05, 3.63) is 28.7 Å². The first kappa shape index (κ1) is 18.9. The van der Waals surface area contributed by atoms with Crippen molar-refractivity contribution in [1.82, 2.24) is 12.7 Å². The number of carbonyl (C=O) groups is 1. The summed E-state index contributed by atoms with van der Waals surface area (Å²) < 4.78 is 2.14. The minimum atomic E-state index is -0.234. The Morgan fingerprint density at radius 1 is 1.31 bits per heavy atom. The van der Waals surface area contributed by atoms with E-state index in [1.54, 1.807) is 0 Å². The van der Waals surface area contributed by atoms with Crippen LogP contribution in [0.3, 0.4) is 0 Å². The number of anilines is 3. The second kappa shape index (κ2) is 7.05. The van der Waals surface area contributed by atoms with Crippen molar-refractivity contribution < 1.29 is 4.79 Å². The van der Waals surface area contributed by atoms with E-state index in [0.29, 0.717) is 18.2 Å². The number of hydrogen-bond donors (Lipinski definition) is 2. The van der Waals surface area contributed by atoms with Crippen molar-refractivity contribution in [1.29, 1.82) is 0 Å². The number of amides is 1. The van der Waals surface area contributed by atoms with Crippen LogP contribution < -0.4 is 15.5 Å². The predicted octanol–water partition coefficient (Wildman–Crippen LogP) is 3.43. The Balaban J connectivity index is 1.88. The van der Waals surface area contributed by atoms with Gasteiger partial charge in [-0.3, -0.25) is 7.58 Å². The zero-order chi connectivity index (χ0) is 19.2. The van der Waals surface area contributed by atoms with Gasteiger partial charge in [0.1, 0.15) is 11.7 Å². The van der Waals surface area contributed by atoms with Gasteiger partial charge in [-0.2, -0.15) is 4.98 Å². The second-order valence-corrected chi connectivity index (χ2v) is 8.12. The standard InChI is InChI=1S/C18H25IN6O/c1-9(2)15-17(26)22-14-11(4)21-18(23-16(14)24(15)6)20-8-13-7-10(3)25(19)12(13)5/h7,9,15H,8H2,1-6H3,(H,22,26)(H,20,21,23)/t15-/m0/s1. The van der Waals surface area contributed by atoms with Crippen LogP contribution in [0.5, 0.6) is 0 Å². The van der Waals surface area contributed by atoms with Crippen molar-refractivity contribution in [2.75, 3.05) is 22.6 Å². The summed E-state index contributed by atoms with van der Waals surface area (Å²) in [5.41, 5.74) is 5.11. The minimum absolute atomic E-state index is 0.00288. The summed E-state index contributed by atoms with van der Waals surface area (Å²) in [6.45, 7) is 10.8. The number of carbonyl (C=O) groups excluding carboxylic acids is 1. The van der Waals surface area contributed by atoms with Crippen molar-refractivity contribution in [3.63, 3.8) is 0 Å². The molecule has 2 aromatic heterocycles. The summed E-state index contributed by atoms with van der Waals surface area (Å²) in [6, 6.07) is 1.93. The molecule has 0 saturated carbocycles. The van der Waals surface area contributed by atoms with Gasteiger partial charge in [-0.15, -0.1) is 0 Å². The summed E-state index contributed by atoms with van der Waals surface area (Å²) in [6.07, 6.45) is 0. The van der Waals surface area contributed by atoms with Crippen LogP contribution in [0.15, 0.2) is 6.07 Å². The predicted molar refractivity (Wildman–Crippen MR) is 113 cm³/mol. The van der Waals surface area contributed by atoms with Crippen molar-refractivity contribution in [2.24, 2.45) is 5.92 Å². The van der Waals surface area contributed by atoms with E-state index in [0.717, 1.165) is 11.5 Å². The second-order valence-electron chi connectivity index (χ2n) is 7.15. The highest BCUT2D eigenvalue weighted by atomic mass is 127. The van der Waals surface area contributed by atoms with Gasteiger partial charge in [-0.05, 0) is 38.3 Å². The van der Waals surface area contributed by atoms with Crippen LogP contribution in [-0.4, -0.2) is 31.7 Å². The number of hydrogen-bond acceptors (Lipinski definition) is 5. The first-order chi connectivity index (χ1) is 12.2. The van der Waals surface area contributed by atoms with E-state index in [1.165, 1.54) is 17.0 Å². The van der Waals surface area contributed by atoms with Gasteiger partial charge in [-0.1, -0.05) is 13.8 Å². The van der Waals surface area contributed by atoms with Crippen LogP contribution in [0, 0.1) is 26.7 Å². The third kappa shape index (κ3) is 3.26. The molecular weight excluding hydrogens is 443 g/mol. The normalized spacial score (nSPS) is 16.7. The lowest BCUT2D eigenvalue weighted by atomic mass is 9.99. The zero-order valence-corrected chi connectivity index (χ0v) is 18.2. The Morgan fingerprint density at radius 3 is 2.58 bits per heavy atom. The van der Waals surface area contributed by atoms with Crippen LogP contribution >= 0.6 is 22.9 Å². The first-order valence-corrected chi connectivity index (χ1v) is 9.67. The molecule has 0 bridgehead atoms. The fourth-order valence-corrected chi connectivity index (χ4v) is 3.90. The van der Waals surface area contributed by atoms with E-state index < -0.39 is 0 Å². The number of likely N-dealkylation sites (N-methyl/N-ethyl adjacent to an activating group) is 1. The molecule has 2 aromatic rings. The highest BCUT2D eigenvalue weighted by molar-refractivity contribution is 14.1. The van der Waals surface area contributed by atoms with Crippen LogP contribution in [-0.2, 0) is 11.3 Å². The molecule has 1 atom stereocenters. The topological polar surface area (TPSA) is 75.1 Å². The molecule has 26 heavy (non-hydrogen) atoms. The van der Waals surface area contributed by atoms with E-state index in [1.807, 2.05) is 32.7 Å². The highest BCUT2D eigenvalue weighted by Gasteiger charge is 2.35. The number of halogens is 1. The molecule has 0 saturated heterocycles. The Hall–Kier alpha value is -1.84. The van der Waals surface area contributed by atoms with Crippen molar-refractivity contribution in [2.45, 2.75) is 47.2 Å². The Bertz CT molecular complexity index is 860. The fourth-order valence-electron chi connectivity index (χ4n) is 3.45. The SMILES string of the molecule is Cc1nc(NCc2cc(C)n(I)c2C)nc2c1NC(=O)[C@H](C(C)C)N2C. The van der Waals surface area contributed by atoms with Gasteiger partial charge >= 0.3 is 0 Å². The fraction of sp³-hybridized carbons (Fsp3) is 0.500. The molecule has 3 heterocycles. The number of nitrogens with zero attached hydrogens (tertiary/aromatic N) is 4. The maximum atomic E-state index is 12.4.